The van der Waals surface area contributed by atoms with Gasteiger partial charge in [-0.05, 0) is 29.3 Å². The molecule has 4 heterocycles. The number of carboxylic acids is 1. The third kappa shape index (κ3) is 2.48. The Hall–Kier alpha value is -3.87. The Labute approximate surface area is 159 Å². The van der Waals surface area contributed by atoms with Crippen molar-refractivity contribution in [2.45, 2.75) is 13.1 Å². The first-order chi connectivity index (χ1) is 13.6. The normalized spacial score (nSPS) is 15.9. The van der Waals surface area contributed by atoms with Gasteiger partial charge < -0.3 is 19.5 Å². The zero-order valence-electron chi connectivity index (χ0n) is 14.7. The van der Waals surface area contributed by atoms with Crippen LogP contribution in [-0.4, -0.2) is 27.4 Å². The van der Waals surface area contributed by atoms with Crippen LogP contribution in [0.2, 0.25) is 0 Å². The molecule has 0 unspecified atom stereocenters. The van der Waals surface area contributed by atoms with E-state index in [1.807, 2.05) is 35.2 Å². The van der Waals surface area contributed by atoms with Crippen molar-refractivity contribution < 1.29 is 19.4 Å². The molecule has 0 radical (unpaired) electrons. The molecule has 0 saturated carbocycles. The number of furan rings is 1. The standard InChI is InChI=1S/C21H15N3O4/c25-18-16(8-14-9-23-19-15(14)6-3-7-22-19)28-20(17(18)21(26)27)24-10-12-4-1-2-5-13(12)11-24/h1-9,25H,10-11H2,(H,26,27). The van der Waals surface area contributed by atoms with Crippen molar-refractivity contribution >= 4 is 35.5 Å². The van der Waals surface area contributed by atoms with Crippen LogP contribution in [-0.2, 0) is 13.1 Å². The third-order valence-corrected chi connectivity index (χ3v) is 4.94. The number of aromatic nitrogens is 1. The predicted molar refractivity (Wildman–Crippen MR) is 104 cm³/mol. The van der Waals surface area contributed by atoms with Crippen LogP contribution in [0.15, 0.2) is 52.0 Å². The SMILES string of the molecule is O=C(O)c1c(N2Cc3ccccc3C2)oc(C=C2C=Nc3ncccc32)c1O. The van der Waals surface area contributed by atoms with Gasteiger partial charge in [0.15, 0.2) is 22.9 Å². The second kappa shape index (κ2) is 6.09. The molecule has 2 N–H and O–H groups in total. The maximum Gasteiger partial charge on any atom is 0.345 e. The van der Waals surface area contributed by atoms with E-state index in [0.29, 0.717) is 24.5 Å². The molecule has 3 aromatic rings. The fourth-order valence-corrected chi connectivity index (χ4v) is 3.60. The highest BCUT2D eigenvalue weighted by atomic mass is 16.4. The largest absolute Gasteiger partial charge is 0.504 e. The first-order valence-corrected chi connectivity index (χ1v) is 8.74. The number of carboxylic acid groups (broad SMARTS) is 1. The van der Waals surface area contributed by atoms with Gasteiger partial charge in [0.05, 0.1) is 0 Å². The van der Waals surface area contributed by atoms with E-state index in [9.17, 15) is 15.0 Å². The van der Waals surface area contributed by atoms with Crippen molar-refractivity contribution in [3.63, 3.8) is 0 Å². The van der Waals surface area contributed by atoms with Crippen LogP contribution in [0, 0.1) is 0 Å². The Morgan fingerprint density at radius 1 is 1.14 bits per heavy atom. The number of pyridine rings is 1. The number of aromatic hydroxyl groups is 1. The number of hydrogen-bond acceptors (Lipinski definition) is 6. The van der Waals surface area contributed by atoms with E-state index in [2.05, 4.69) is 9.98 Å². The monoisotopic (exact) mass is 373 g/mol. The molecule has 2 aliphatic heterocycles. The zero-order chi connectivity index (χ0) is 19.3. The van der Waals surface area contributed by atoms with Gasteiger partial charge >= 0.3 is 5.97 Å². The lowest BCUT2D eigenvalue weighted by molar-refractivity contribution is 0.0694. The van der Waals surface area contributed by atoms with Crippen molar-refractivity contribution in [2.24, 2.45) is 4.99 Å². The molecule has 0 atom stereocenters. The van der Waals surface area contributed by atoms with E-state index in [1.165, 1.54) is 0 Å². The first kappa shape index (κ1) is 16.3. The van der Waals surface area contributed by atoms with Gasteiger partial charge in [0.2, 0.25) is 5.88 Å². The summed E-state index contributed by atoms with van der Waals surface area (Å²) in [5.74, 6) is -0.819. The zero-order valence-corrected chi connectivity index (χ0v) is 14.7. The summed E-state index contributed by atoms with van der Waals surface area (Å²) in [7, 11) is 0. The van der Waals surface area contributed by atoms with Gasteiger partial charge in [-0.15, -0.1) is 0 Å². The first-order valence-electron chi connectivity index (χ1n) is 8.74. The smallest absolute Gasteiger partial charge is 0.345 e. The fraction of sp³-hybridized carbons (Fsp3) is 0.0952. The van der Waals surface area contributed by atoms with E-state index < -0.39 is 11.7 Å². The number of nitrogens with zero attached hydrogens (tertiary/aromatic N) is 3. The van der Waals surface area contributed by atoms with E-state index in [1.54, 1.807) is 24.6 Å². The van der Waals surface area contributed by atoms with E-state index in [-0.39, 0.29) is 17.2 Å². The summed E-state index contributed by atoms with van der Waals surface area (Å²) >= 11 is 0. The number of aliphatic imine (C=N–C) groups is 1. The number of allylic oxidation sites excluding steroid dienone is 1. The van der Waals surface area contributed by atoms with Crippen LogP contribution in [0.25, 0.3) is 11.6 Å². The molecule has 2 aliphatic rings. The van der Waals surface area contributed by atoms with E-state index in [4.69, 9.17) is 4.42 Å². The number of anilines is 1. The Morgan fingerprint density at radius 2 is 1.89 bits per heavy atom. The highest BCUT2D eigenvalue weighted by Gasteiger charge is 2.31. The molecule has 138 valence electrons. The summed E-state index contributed by atoms with van der Waals surface area (Å²) in [6.07, 6.45) is 4.85. The number of carbonyl (C=O) groups is 1. The van der Waals surface area contributed by atoms with Crippen molar-refractivity contribution in [1.29, 1.82) is 0 Å². The molecule has 0 saturated heterocycles. The van der Waals surface area contributed by atoms with Crippen molar-refractivity contribution in [1.82, 2.24) is 4.98 Å². The Balaban J connectivity index is 1.57. The minimum Gasteiger partial charge on any atom is -0.504 e. The van der Waals surface area contributed by atoms with E-state index in [0.717, 1.165) is 16.7 Å². The summed E-state index contributed by atoms with van der Waals surface area (Å²) in [5, 5.41) is 20.2. The van der Waals surface area contributed by atoms with Gasteiger partial charge in [-0.25, -0.2) is 14.8 Å². The minimum absolute atomic E-state index is 0.0847. The molecule has 28 heavy (non-hydrogen) atoms. The average molecular weight is 373 g/mol. The Kier molecular flexibility index (Phi) is 3.55. The lowest BCUT2D eigenvalue weighted by Crippen LogP contribution is -2.16. The number of benzene rings is 1. The third-order valence-electron chi connectivity index (χ3n) is 4.94. The lowest BCUT2D eigenvalue weighted by atomic mass is 10.1. The van der Waals surface area contributed by atoms with Crippen molar-refractivity contribution in [3.8, 4) is 5.75 Å². The second-order valence-electron chi connectivity index (χ2n) is 6.66. The summed E-state index contributed by atoms with van der Waals surface area (Å²) in [4.78, 5) is 22.0. The molecule has 0 fully saturated rings. The number of aromatic carboxylic acids is 1. The molecule has 5 rings (SSSR count). The minimum atomic E-state index is -1.24. The molecule has 7 heteroatoms. The predicted octanol–water partition coefficient (Wildman–Crippen LogP) is 3.86. The average Bonchev–Trinajstić information content (AvgIpc) is 3.38. The van der Waals surface area contributed by atoms with Gasteiger partial charge in [-0.1, -0.05) is 24.3 Å². The molecule has 1 aromatic carbocycles. The van der Waals surface area contributed by atoms with Gasteiger partial charge in [0.1, 0.15) is 0 Å². The summed E-state index contributed by atoms with van der Waals surface area (Å²) in [6.45, 7) is 1.04. The Morgan fingerprint density at radius 3 is 2.61 bits per heavy atom. The van der Waals surface area contributed by atoms with Gasteiger partial charge in [0, 0.05) is 36.6 Å². The lowest BCUT2D eigenvalue weighted by Gasteiger charge is -2.14. The quantitative estimate of drug-likeness (QED) is 0.723. The number of fused-ring (bicyclic) bond motifs is 2. The molecule has 7 nitrogen and oxygen atoms in total. The maximum absolute atomic E-state index is 11.8. The van der Waals surface area contributed by atoms with Crippen LogP contribution in [0.1, 0.15) is 32.8 Å². The van der Waals surface area contributed by atoms with Crippen LogP contribution < -0.4 is 4.90 Å². The second-order valence-corrected chi connectivity index (χ2v) is 6.66. The number of rotatable bonds is 3. The molecule has 0 spiro atoms. The topological polar surface area (TPSA) is 99.2 Å². The maximum atomic E-state index is 11.8. The van der Waals surface area contributed by atoms with Crippen molar-refractivity contribution in [2.75, 3.05) is 4.90 Å². The van der Waals surface area contributed by atoms with Crippen LogP contribution in [0.4, 0.5) is 11.7 Å². The van der Waals surface area contributed by atoms with Crippen LogP contribution in [0.3, 0.4) is 0 Å². The molecular formula is C21H15N3O4. The van der Waals surface area contributed by atoms with Crippen molar-refractivity contribution in [3.05, 3.63) is 70.6 Å². The fourth-order valence-electron chi connectivity index (χ4n) is 3.60. The van der Waals surface area contributed by atoms with Gasteiger partial charge in [-0.3, -0.25) is 0 Å². The molecule has 0 bridgehead atoms. The highest BCUT2D eigenvalue weighted by Crippen LogP contribution is 2.41. The van der Waals surface area contributed by atoms with Crippen LogP contribution in [0.5, 0.6) is 5.75 Å². The molecule has 0 aliphatic carbocycles. The molecule has 2 aromatic heterocycles. The van der Waals surface area contributed by atoms with Crippen LogP contribution >= 0.6 is 0 Å². The van der Waals surface area contributed by atoms with E-state index >= 15 is 0 Å². The summed E-state index contributed by atoms with van der Waals surface area (Å²) in [6, 6.07) is 11.5. The Bertz CT molecular complexity index is 1150. The molecular weight excluding hydrogens is 358 g/mol. The van der Waals surface area contributed by atoms with Gasteiger partial charge in [0.25, 0.3) is 0 Å². The number of hydrogen-bond donors (Lipinski definition) is 2. The molecule has 0 amide bonds. The summed E-state index contributed by atoms with van der Waals surface area (Å²) in [5.41, 5.74) is 3.47. The highest BCUT2D eigenvalue weighted by molar-refractivity contribution is 6.21. The summed E-state index contributed by atoms with van der Waals surface area (Å²) < 4.78 is 5.84. The van der Waals surface area contributed by atoms with Gasteiger partial charge in [-0.2, -0.15) is 0 Å².